The molecule has 5 nitrogen and oxygen atoms in total. The number of aryl methyl sites for hydroxylation is 2. The molecule has 0 N–H and O–H groups in total. The summed E-state index contributed by atoms with van der Waals surface area (Å²) in [5.74, 6) is 1.50. The number of hydrogen-bond acceptors (Lipinski definition) is 7. The van der Waals surface area contributed by atoms with Gasteiger partial charge in [-0.2, -0.15) is 14.0 Å². The lowest BCUT2D eigenvalue weighted by molar-refractivity contribution is 1.10. The van der Waals surface area contributed by atoms with Crippen LogP contribution in [0.2, 0.25) is 4.47 Å². The maximum absolute atomic E-state index is 8.22. The van der Waals surface area contributed by atoms with E-state index in [9.17, 15) is 0 Å². The number of nitrogens with zero attached hydrogens (tertiary/aromatic N) is 5. The summed E-state index contributed by atoms with van der Waals surface area (Å²) >= 11 is 7.90. The van der Waals surface area contributed by atoms with Crippen molar-refractivity contribution in [1.29, 1.82) is 5.26 Å². The molecule has 16 heavy (non-hydrogen) atoms. The van der Waals surface area contributed by atoms with Gasteiger partial charge in [0.2, 0.25) is 4.47 Å². The molecular weight excluding hydrogens is 266 g/mol. The second kappa shape index (κ2) is 6.48. The maximum atomic E-state index is 8.22. The Kier molecular flexibility index (Phi) is 5.25. The summed E-state index contributed by atoms with van der Waals surface area (Å²) in [6, 6.07) is 2.01. The molecule has 0 radical (unpaired) electrons. The molecule has 0 bridgehead atoms. The van der Waals surface area contributed by atoms with Crippen molar-refractivity contribution in [2.24, 2.45) is 0 Å². The zero-order valence-corrected chi connectivity index (χ0v) is 11.0. The van der Waals surface area contributed by atoms with Crippen molar-refractivity contribution in [2.75, 3.05) is 0 Å². The summed E-state index contributed by atoms with van der Waals surface area (Å²) in [5.41, 5.74) is 0. The number of hydrogen-bond donors (Lipinski definition) is 0. The van der Waals surface area contributed by atoms with E-state index in [4.69, 9.17) is 16.9 Å². The summed E-state index contributed by atoms with van der Waals surface area (Å²) < 4.78 is 8.24. The van der Waals surface area contributed by atoms with Crippen molar-refractivity contribution in [3.8, 4) is 6.07 Å². The van der Waals surface area contributed by atoms with Crippen LogP contribution in [0.15, 0.2) is 0 Å². The Morgan fingerprint density at radius 3 is 2.12 bits per heavy atom. The monoisotopic (exact) mass is 273 g/mol. The summed E-state index contributed by atoms with van der Waals surface area (Å²) in [7, 11) is 0. The van der Waals surface area contributed by atoms with Crippen molar-refractivity contribution in [1.82, 2.24) is 18.7 Å². The third-order valence-corrected chi connectivity index (χ3v) is 2.99. The number of halogens is 1. The molecule has 8 heteroatoms. The van der Waals surface area contributed by atoms with Gasteiger partial charge >= 0.3 is 0 Å². The molecular formula is C8H8ClN5S2. The highest BCUT2D eigenvalue weighted by Crippen LogP contribution is 2.08. The highest BCUT2D eigenvalue weighted by atomic mass is 35.5. The summed E-state index contributed by atoms with van der Waals surface area (Å²) in [5, 5.41) is 9.02. The van der Waals surface area contributed by atoms with Crippen LogP contribution in [0.25, 0.3) is 0 Å². The van der Waals surface area contributed by atoms with E-state index < -0.39 is 0 Å². The Labute approximate surface area is 106 Å². The van der Waals surface area contributed by atoms with Gasteiger partial charge in [-0.15, -0.1) is 0 Å². The largest absolute Gasteiger partial charge is 0.224 e. The van der Waals surface area contributed by atoms with E-state index in [0.29, 0.717) is 10.9 Å². The van der Waals surface area contributed by atoms with E-state index in [1.165, 1.54) is 23.1 Å². The molecule has 0 spiro atoms. The minimum atomic E-state index is 0.380. The first-order valence-electron chi connectivity index (χ1n) is 4.23. The van der Waals surface area contributed by atoms with Gasteiger partial charge in [-0.25, -0.2) is 9.97 Å². The molecule has 2 heterocycles. The van der Waals surface area contributed by atoms with Crippen molar-refractivity contribution in [3.05, 3.63) is 21.1 Å². The van der Waals surface area contributed by atoms with E-state index >= 15 is 0 Å². The molecule has 2 rings (SSSR count). The fourth-order valence-electron chi connectivity index (χ4n) is 0.751. The Hall–Kier alpha value is -1.10. The number of aromatic nitrogens is 4. The number of nitriles is 1. The summed E-state index contributed by atoms with van der Waals surface area (Å²) in [6.45, 7) is 3.62. The molecule has 0 unspecified atom stereocenters. The molecule has 0 aliphatic heterocycles. The topological polar surface area (TPSA) is 75.3 Å². The molecule has 0 saturated heterocycles. The molecule has 0 aliphatic rings. The molecule has 0 aromatic carbocycles. The predicted octanol–water partition coefficient (Wildman–Crippen LogP) is 2.41. The Morgan fingerprint density at radius 1 is 1.19 bits per heavy atom. The Balaban J connectivity index is 0.000000165. The molecule has 2 aromatic rings. The normalized spacial score (nSPS) is 9.12. The Bertz CT molecular complexity index is 470. The van der Waals surface area contributed by atoms with Crippen LogP contribution in [0.3, 0.4) is 0 Å². The van der Waals surface area contributed by atoms with Gasteiger partial charge in [0.05, 0.1) is 12.5 Å². The van der Waals surface area contributed by atoms with Crippen molar-refractivity contribution < 1.29 is 0 Å². The van der Waals surface area contributed by atoms with Crippen LogP contribution in [0.4, 0.5) is 0 Å². The SMILES string of the molecule is Cc1nsc(CC#N)n1.Cc1nsc(Cl)n1. The van der Waals surface area contributed by atoms with E-state index in [2.05, 4.69) is 18.7 Å². The molecule has 0 fully saturated rings. The third kappa shape index (κ3) is 4.61. The second-order valence-electron chi connectivity index (χ2n) is 2.66. The van der Waals surface area contributed by atoms with Crippen LogP contribution in [0.5, 0.6) is 0 Å². The lowest BCUT2D eigenvalue weighted by Gasteiger charge is -1.74. The fourth-order valence-corrected chi connectivity index (χ4v) is 1.98. The van der Waals surface area contributed by atoms with Crippen LogP contribution in [-0.2, 0) is 6.42 Å². The number of rotatable bonds is 1. The highest BCUT2D eigenvalue weighted by Gasteiger charge is 1.96. The molecule has 0 atom stereocenters. The molecule has 0 saturated carbocycles. The standard InChI is InChI=1S/C5H5N3S.C3H3ClN2S/c1-4-7-5(2-3-6)9-8-4;1-2-5-3(4)7-6-2/h2H2,1H3;1H3. The van der Waals surface area contributed by atoms with Gasteiger partial charge in [0.1, 0.15) is 16.7 Å². The maximum Gasteiger partial charge on any atom is 0.203 e. The fraction of sp³-hybridized carbons (Fsp3) is 0.375. The average molecular weight is 274 g/mol. The smallest absolute Gasteiger partial charge is 0.203 e. The first-order chi connectivity index (χ1) is 7.61. The van der Waals surface area contributed by atoms with E-state index in [1.807, 2.05) is 19.9 Å². The lowest BCUT2D eigenvalue weighted by Crippen LogP contribution is -1.78. The summed E-state index contributed by atoms with van der Waals surface area (Å²) in [4.78, 5) is 7.77. The van der Waals surface area contributed by atoms with Crippen molar-refractivity contribution >= 4 is 34.7 Å². The van der Waals surface area contributed by atoms with Gasteiger partial charge < -0.3 is 0 Å². The molecule has 0 amide bonds. The minimum Gasteiger partial charge on any atom is -0.224 e. The van der Waals surface area contributed by atoms with Gasteiger partial charge in [-0.3, -0.25) is 0 Å². The van der Waals surface area contributed by atoms with E-state index in [-0.39, 0.29) is 0 Å². The molecule has 84 valence electrons. The van der Waals surface area contributed by atoms with Crippen molar-refractivity contribution in [2.45, 2.75) is 20.3 Å². The lowest BCUT2D eigenvalue weighted by atomic mass is 10.5. The highest BCUT2D eigenvalue weighted by molar-refractivity contribution is 7.10. The predicted molar refractivity (Wildman–Crippen MR) is 63.6 cm³/mol. The minimum absolute atomic E-state index is 0.380. The van der Waals surface area contributed by atoms with Gasteiger partial charge in [0.15, 0.2) is 0 Å². The quantitative estimate of drug-likeness (QED) is 0.797. The van der Waals surface area contributed by atoms with Gasteiger partial charge in [0, 0.05) is 0 Å². The first-order valence-corrected chi connectivity index (χ1v) is 6.16. The zero-order valence-electron chi connectivity index (χ0n) is 8.64. The van der Waals surface area contributed by atoms with Crippen LogP contribution in [-0.4, -0.2) is 18.7 Å². The summed E-state index contributed by atoms with van der Waals surface area (Å²) in [6.07, 6.45) is 0.380. The van der Waals surface area contributed by atoms with E-state index in [1.54, 1.807) is 0 Å². The molecule has 2 aromatic heterocycles. The van der Waals surface area contributed by atoms with Crippen LogP contribution in [0.1, 0.15) is 16.7 Å². The first kappa shape index (κ1) is 13.0. The van der Waals surface area contributed by atoms with Gasteiger partial charge in [0.25, 0.3) is 0 Å². The van der Waals surface area contributed by atoms with Crippen LogP contribution in [0, 0.1) is 25.2 Å². The zero-order chi connectivity index (χ0) is 12.0. The second-order valence-corrected chi connectivity index (χ2v) is 4.84. The van der Waals surface area contributed by atoms with Gasteiger partial charge in [-0.05, 0) is 48.5 Å². The van der Waals surface area contributed by atoms with E-state index in [0.717, 1.165) is 16.7 Å². The van der Waals surface area contributed by atoms with Crippen LogP contribution < -0.4 is 0 Å². The molecule has 0 aliphatic carbocycles. The van der Waals surface area contributed by atoms with Crippen LogP contribution >= 0.6 is 34.7 Å². The van der Waals surface area contributed by atoms with Crippen molar-refractivity contribution in [3.63, 3.8) is 0 Å². The van der Waals surface area contributed by atoms with Gasteiger partial charge in [-0.1, -0.05) is 0 Å². The third-order valence-electron chi connectivity index (χ3n) is 1.30. The average Bonchev–Trinajstić information content (AvgIpc) is 2.78. The Morgan fingerprint density at radius 2 is 1.81 bits per heavy atom.